The van der Waals surface area contributed by atoms with E-state index < -0.39 is 0 Å². The number of carbonyl (C=O) groups is 1. The Balaban J connectivity index is 2.97. The number of methoxy groups -OCH3 is 1. The first-order valence-electron chi connectivity index (χ1n) is 7.69. The zero-order valence-electron chi connectivity index (χ0n) is 13.9. The predicted molar refractivity (Wildman–Crippen MR) is 88.0 cm³/mol. The molecule has 0 aliphatic heterocycles. The van der Waals surface area contributed by atoms with Gasteiger partial charge in [0.15, 0.2) is 0 Å². The van der Waals surface area contributed by atoms with Crippen LogP contribution in [0, 0.1) is 6.92 Å². The Bertz CT molecular complexity index is 460. The van der Waals surface area contributed by atoms with Gasteiger partial charge in [-0.15, -0.1) is 0 Å². The first kappa shape index (κ1) is 17.5. The maximum absolute atomic E-state index is 12.8. The summed E-state index contributed by atoms with van der Waals surface area (Å²) in [5.74, 6) is 0.0851. The molecule has 0 heterocycles. The molecule has 4 nitrogen and oxygen atoms in total. The summed E-state index contributed by atoms with van der Waals surface area (Å²) < 4.78 is 5.13. The summed E-state index contributed by atoms with van der Waals surface area (Å²) in [5, 5.41) is 3.27. The SMILES string of the molecule is CCNc1ccc(C(=O)N(CCOC)C(C)CC)c(C)c1. The highest BCUT2D eigenvalue weighted by Gasteiger charge is 2.21. The molecular formula is C17H28N2O2. The van der Waals surface area contributed by atoms with E-state index in [0.29, 0.717) is 13.2 Å². The molecule has 1 aromatic carbocycles. The zero-order valence-corrected chi connectivity index (χ0v) is 13.9. The molecule has 1 aromatic rings. The molecule has 1 N–H and O–H groups in total. The van der Waals surface area contributed by atoms with Gasteiger partial charge in [-0.2, -0.15) is 0 Å². The molecule has 0 spiro atoms. The fourth-order valence-electron chi connectivity index (χ4n) is 2.30. The highest BCUT2D eigenvalue weighted by molar-refractivity contribution is 5.96. The molecule has 1 rings (SSSR count). The third kappa shape index (κ3) is 4.74. The number of benzene rings is 1. The van der Waals surface area contributed by atoms with Crippen molar-refractivity contribution in [3.05, 3.63) is 29.3 Å². The van der Waals surface area contributed by atoms with Gasteiger partial charge >= 0.3 is 0 Å². The van der Waals surface area contributed by atoms with Crippen LogP contribution in [0.5, 0.6) is 0 Å². The van der Waals surface area contributed by atoms with E-state index in [1.54, 1.807) is 7.11 Å². The number of hydrogen-bond acceptors (Lipinski definition) is 3. The summed E-state index contributed by atoms with van der Waals surface area (Å²) >= 11 is 0. The van der Waals surface area contributed by atoms with E-state index in [1.165, 1.54) is 0 Å². The molecule has 0 aliphatic carbocycles. The van der Waals surface area contributed by atoms with Crippen molar-refractivity contribution >= 4 is 11.6 Å². The lowest BCUT2D eigenvalue weighted by Crippen LogP contribution is -2.40. The maximum atomic E-state index is 12.8. The Kier molecular flexibility index (Phi) is 7.23. The monoisotopic (exact) mass is 292 g/mol. The smallest absolute Gasteiger partial charge is 0.254 e. The fourth-order valence-corrected chi connectivity index (χ4v) is 2.30. The number of rotatable bonds is 8. The fraction of sp³-hybridized carbons (Fsp3) is 0.588. The van der Waals surface area contributed by atoms with Crippen molar-refractivity contribution in [3.63, 3.8) is 0 Å². The van der Waals surface area contributed by atoms with Gasteiger partial charge in [0.1, 0.15) is 0 Å². The molecule has 21 heavy (non-hydrogen) atoms. The van der Waals surface area contributed by atoms with Gasteiger partial charge in [0.2, 0.25) is 0 Å². The van der Waals surface area contributed by atoms with Gasteiger partial charge in [0, 0.05) is 37.5 Å². The van der Waals surface area contributed by atoms with Crippen LogP contribution in [-0.2, 0) is 4.74 Å². The van der Waals surface area contributed by atoms with Crippen molar-refractivity contribution < 1.29 is 9.53 Å². The van der Waals surface area contributed by atoms with Crippen LogP contribution in [-0.4, -0.2) is 43.7 Å². The number of amides is 1. The molecule has 0 aliphatic rings. The number of nitrogens with zero attached hydrogens (tertiary/aromatic N) is 1. The summed E-state index contributed by atoms with van der Waals surface area (Å²) in [6.07, 6.45) is 0.934. The largest absolute Gasteiger partial charge is 0.385 e. The summed E-state index contributed by atoms with van der Waals surface area (Å²) in [6, 6.07) is 6.12. The van der Waals surface area contributed by atoms with Crippen molar-refractivity contribution in [1.29, 1.82) is 0 Å². The van der Waals surface area contributed by atoms with Crippen molar-refractivity contribution in [3.8, 4) is 0 Å². The molecule has 1 atom stereocenters. The first-order valence-corrected chi connectivity index (χ1v) is 7.69. The van der Waals surface area contributed by atoms with Crippen LogP contribution < -0.4 is 5.32 Å². The lowest BCUT2D eigenvalue weighted by atomic mass is 10.0. The summed E-state index contributed by atoms with van der Waals surface area (Å²) in [7, 11) is 1.66. The van der Waals surface area contributed by atoms with Crippen molar-refractivity contribution in [2.45, 2.75) is 40.2 Å². The van der Waals surface area contributed by atoms with Gasteiger partial charge in [-0.05, 0) is 51.0 Å². The number of ether oxygens (including phenoxy) is 1. The van der Waals surface area contributed by atoms with E-state index in [0.717, 1.165) is 29.8 Å². The molecule has 0 saturated carbocycles. The van der Waals surface area contributed by atoms with Crippen molar-refractivity contribution in [2.24, 2.45) is 0 Å². The van der Waals surface area contributed by atoms with Gasteiger partial charge < -0.3 is 15.0 Å². The van der Waals surface area contributed by atoms with Crippen LogP contribution in [0.3, 0.4) is 0 Å². The average molecular weight is 292 g/mol. The van der Waals surface area contributed by atoms with Gasteiger partial charge in [0.25, 0.3) is 5.91 Å². The molecule has 0 aromatic heterocycles. The van der Waals surface area contributed by atoms with Crippen LogP contribution in [0.4, 0.5) is 5.69 Å². The number of anilines is 1. The van der Waals surface area contributed by atoms with E-state index >= 15 is 0 Å². The van der Waals surface area contributed by atoms with Crippen molar-refractivity contribution in [2.75, 3.05) is 32.1 Å². The van der Waals surface area contributed by atoms with E-state index in [2.05, 4.69) is 26.1 Å². The summed E-state index contributed by atoms with van der Waals surface area (Å²) in [4.78, 5) is 14.7. The number of nitrogens with one attached hydrogen (secondary N) is 1. The Hall–Kier alpha value is -1.55. The second kappa shape index (κ2) is 8.67. The topological polar surface area (TPSA) is 41.6 Å². The summed E-state index contributed by atoms with van der Waals surface area (Å²) in [6.45, 7) is 10.3. The third-order valence-electron chi connectivity index (χ3n) is 3.76. The molecule has 0 radical (unpaired) electrons. The second-order valence-corrected chi connectivity index (χ2v) is 5.31. The number of aryl methyl sites for hydroxylation is 1. The zero-order chi connectivity index (χ0) is 15.8. The maximum Gasteiger partial charge on any atom is 0.254 e. The van der Waals surface area contributed by atoms with E-state index in [9.17, 15) is 4.79 Å². The van der Waals surface area contributed by atoms with Crippen molar-refractivity contribution in [1.82, 2.24) is 4.90 Å². The van der Waals surface area contributed by atoms with Gasteiger partial charge in [-0.25, -0.2) is 0 Å². The van der Waals surface area contributed by atoms with E-state index in [-0.39, 0.29) is 11.9 Å². The Morgan fingerprint density at radius 1 is 1.38 bits per heavy atom. The molecule has 0 bridgehead atoms. The van der Waals surface area contributed by atoms with Crippen LogP contribution in [0.25, 0.3) is 0 Å². The average Bonchev–Trinajstić information content (AvgIpc) is 2.47. The van der Waals surface area contributed by atoms with E-state index in [4.69, 9.17) is 4.74 Å². The molecule has 4 heteroatoms. The van der Waals surface area contributed by atoms with Gasteiger partial charge in [0.05, 0.1) is 6.61 Å². The third-order valence-corrected chi connectivity index (χ3v) is 3.76. The Labute approximate surface area is 128 Å². The predicted octanol–water partition coefficient (Wildman–Crippen LogP) is 3.31. The quantitative estimate of drug-likeness (QED) is 0.799. The highest BCUT2D eigenvalue weighted by Crippen LogP contribution is 2.18. The molecular weight excluding hydrogens is 264 g/mol. The van der Waals surface area contributed by atoms with Crippen LogP contribution in [0.1, 0.15) is 43.1 Å². The number of carbonyl (C=O) groups excluding carboxylic acids is 1. The molecule has 118 valence electrons. The van der Waals surface area contributed by atoms with Crippen LogP contribution >= 0.6 is 0 Å². The number of hydrogen-bond donors (Lipinski definition) is 1. The Morgan fingerprint density at radius 2 is 2.10 bits per heavy atom. The molecule has 1 amide bonds. The normalized spacial score (nSPS) is 12.0. The second-order valence-electron chi connectivity index (χ2n) is 5.31. The minimum Gasteiger partial charge on any atom is -0.385 e. The summed E-state index contributed by atoms with van der Waals surface area (Å²) in [5.41, 5.74) is 2.83. The molecule has 0 saturated heterocycles. The lowest BCUT2D eigenvalue weighted by Gasteiger charge is -2.29. The first-order chi connectivity index (χ1) is 10.0. The van der Waals surface area contributed by atoms with Gasteiger partial charge in [-0.1, -0.05) is 6.92 Å². The minimum absolute atomic E-state index is 0.0851. The van der Waals surface area contributed by atoms with Gasteiger partial charge in [-0.3, -0.25) is 4.79 Å². The molecule has 0 fully saturated rings. The lowest BCUT2D eigenvalue weighted by molar-refractivity contribution is 0.0613. The van der Waals surface area contributed by atoms with E-state index in [1.807, 2.05) is 30.0 Å². The standard InChI is InChI=1S/C17H28N2O2/c1-6-14(4)19(10-11-21-5)17(20)16-9-8-15(18-7-2)12-13(16)3/h8-9,12,14,18H,6-7,10-11H2,1-5H3. The van der Waals surface area contributed by atoms with Crippen LogP contribution in [0.15, 0.2) is 18.2 Å². The molecule has 1 unspecified atom stereocenters. The Morgan fingerprint density at radius 3 is 2.62 bits per heavy atom. The minimum atomic E-state index is 0.0851. The highest BCUT2D eigenvalue weighted by atomic mass is 16.5. The van der Waals surface area contributed by atoms with Crippen LogP contribution in [0.2, 0.25) is 0 Å².